The Kier molecular flexibility index (Phi) is 7.07. The van der Waals surface area contributed by atoms with Gasteiger partial charge < -0.3 is 0 Å². The van der Waals surface area contributed by atoms with Crippen molar-refractivity contribution in [1.29, 1.82) is 0 Å². The molecule has 0 saturated carbocycles. The second-order valence-electron chi connectivity index (χ2n) is 5.45. The van der Waals surface area contributed by atoms with Gasteiger partial charge >= 0.3 is 6.18 Å². The van der Waals surface area contributed by atoms with Gasteiger partial charge in [-0.1, -0.05) is 31.2 Å². The number of thioether (sulfide) groups is 2. The summed E-state index contributed by atoms with van der Waals surface area (Å²) < 4.78 is 39.0. The highest BCUT2D eigenvalue weighted by molar-refractivity contribution is 8.00. The number of benzene rings is 1. The lowest BCUT2D eigenvalue weighted by Crippen LogP contribution is -2.27. The van der Waals surface area contributed by atoms with Gasteiger partial charge in [0.25, 0.3) is 0 Å². The molecular formula is C18H20F3NOS2. The van der Waals surface area contributed by atoms with Crippen molar-refractivity contribution >= 4 is 29.4 Å². The van der Waals surface area contributed by atoms with E-state index in [2.05, 4.69) is 0 Å². The minimum atomic E-state index is -4.39. The van der Waals surface area contributed by atoms with Crippen LogP contribution < -0.4 is 0 Å². The number of carbonyl (C=O) groups is 1. The molecule has 1 heterocycles. The Labute approximate surface area is 154 Å². The van der Waals surface area contributed by atoms with Gasteiger partial charge in [0.15, 0.2) is 0 Å². The van der Waals surface area contributed by atoms with Crippen LogP contribution in [0.15, 0.2) is 48.2 Å². The fourth-order valence-electron chi connectivity index (χ4n) is 2.54. The van der Waals surface area contributed by atoms with E-state index in [0.717, 1.165) is 30.0 Å². The summed E-state index contributed by atoms with van der Waals surface area (Å²) >= 11 is 3.01. The van der Waals surface area contributed by atoms with Gasteiger partial charge in [-0.05, 0) is 36.4 Å². The van der Waals surface area contributed by atoms with Crippen LogP contribution in [-0.4, -0.2) is 28.6 Å². The molecule has 2 nitrogen and oxygen atoms in total. The van der Waals surface area contributed by atoms with Crippen molar-refractivity contribution in [3.63, 3.8) is 0 Å². The Morgan fingerprint density at radius 3 is 2.84 bits per heavy atom. The Hall–Kier alpha value is -1.34. The summed E-state index contributed by atoms with van der Waals surface area (Å²) in [5.74, 6) is 0.990. The first-order valence-electron chi connectivity index (χ1n) is 7.85. The van der Waals surface area contributed by atoms with E-state index in [4.69, 9.17) is 0 Å². The summed E-state index contributed by atoms with van der Waals surface area (Å²) in [7, 11) is 0. The fraction of sp³-hybridized carbons (Fsp3) is 0.389. The Balaban J connectivity index is 2.37. The van der Waals surface area contributed by atoms with E-state index in [0.29, 0.717) is 5.56 Å². The highest BCUT2D eigenvalue weighted by Gasteiger charge is 2.36. The number of amides is 1. The number of halogens is 3. The van der Waals surface area contributed by atoms with Crippen molar-refractivity contribution in [2.75, 3.05) is 17.8 Å². The van der Waals surface area contributed by atoms with Gasteiger partial charge in [0.1, 0.15) is 5.37 Å². The van der Waals surface area contributed by atoms with E-state index < -0.39 is 17.1 Å². The van der Waals surface area contributed by atoms with Crippen LogP contribution in [0.1, 0.15) is 29.8 Å². The average Bonchev–Trinajstić information content (AvgIpc) is 2.95. The summed E-state index contributed by atoms with van der Waals surface area (Å²) in [5.41, 5.74) is 0.545. The SMILES string of the molecule is CC/C=C(\C=C/CSC)N1C(=O)CSC1c1cccc(C(F)(F)F)c1. The normalized spacial score (nSPS) is 19.2. The quantitative estimate of drug-likeness (QED) is 0.602. The van der Waals surface area contributed by atoms with Crippen LogP contribution in [0.5, 0.6) is 0 Å². The molecule has 0 aliphatic carbocycles. The monoisotopic (exact) mass is 387 g/mol. The van der Waals surface area contributed by atoms with Crippen molar-refractivity contribution in [2.24, 2.45) is 0 Å². The van der Waals surface area contributed by atoms with Gasteiger partial charge in [0.05, 0.1) is 11.3 Å². The molecule has 136 valence electrons. The number of nitrogens with zero attached hydrogens (tertiary/aromatic N) is 1. The standard InChI is InChI=1S/C18H20F3NOS2/c1-3-6-15(9-5-10-24-2)22-16(23)12-25-17(22)13-7-4-8-14(11-13)18(19,20)21/h4-9,11,17H,3,10,12H2,1-2H3/b9-5-,15-6+. The van der Waals surface area contributed by atoms with E-state index in [1.54, 1.807) is 22.7 Å². The molecule has 0 bridgehead atoms. The van der Waals surface area contributed by atoms with Crippen molar-refractivity contribution in [1.82, 2.24) is 4.90 Å². The van der Waals surface area contributed by atoms with Gasteiger partial charge in [0, 0.05) is 11.4 Å². The lowest BCUT2D eigenvalue weighted by Gasteiger charge is -2.26. The number of allylic oxidation sites excluding steroid dienone is 2. The van der Waals surface area contributed by atoms with Crippen molar-refractivity contribution in [3.8, 4) is 0 Å². The highest BCUT2D eigenvalue weighted by atomic mass is 32.2. The van der Waals surface area contributed by atoms with Crippen LogP contribution in [0, 0.1) is 0 Å². The maximum atomic E-state index is 13.0. The zero-order valence-corrected chi connectivity index (χ0v) is 15.7. The molecule has 0 aromatic heterocycles. The largest absolute Gasteiger partial charge is 0.416 e. The maximum Gasteiger partial charge on any atom is 0.416 e. The second-order valence-corrected chi connectivity index (χ2v) is 7.42. The van der Waals surface area contributed by atoms with E-state index in [1.807, 2.05) is 31.4 Å². The van der Waals surface area contributed by atoms with Crippen LogP contribution in [0.2, 0.25) is 0 Å². The van der Waals surface area contributed by atoms with Gasteiger partial charge in [0.2, 0.25) is 5.91 Å². The number of hydrogen-bond acceptors (Lipinski definition) is 3. The molecule has 1 aliphatic heterocycles. The van der Waals surface area contributed by atoms with Crippen molar-refractivity contribution in [2.45, 2.75) is 24.9 Å². The fourth-order valence-corrected chi connectivity index (χ4v) is 3.99. The summed E-state index contributed by atoms with van der Waals surface area (Å²) in [5, 5.41) is -0.438. The minimum absolute atomic E-state index is 0.0825. The number of carbonyl (C=O) groups excluding carboxylic acids is 1. The molecule has 1 aromatic rings. The van der Waals surface area contributed by atoms with Crippen molar-refractivity contribution < 1.29 is 18.0 Å². The summed E-state index contributed by atoms with van der Waals surface area (Å²) in [6.45, 7) is 1.97. The molecule has 1 aliphatic rings. The lowest BCUT2D eigenvalue weighted by molar-refractivity contribution is -0.137. The van der Waals surface area contributed by atoms with Crippen LogP contribution >= 0.6 is 23.5 Å². The molecule has 1 unspecified atom stereocenters. The van der Waals surface area contributed by atoms with Crippen LogP contribution in [0.3, 0.4) is 0 Å². The Bertz CT molecular complexity index is 671. The maximum absolute atomic E-state index is 13.0. The molecule has 0 N–H and O–H groups in total. The first-order chi connectivity index (χ1) is 11.9. The van der Waals surface area contributed by atoms with Crippen molar-refractivity contribution in [3.05, 3.63) is 59.3 Å². The molecule has 1 aromatic carbocycles. The zero-order valence-electron chi connectivity index (χ0n) is 14.0. The zero-order chi connectivity index (χ0) is 18.4. The molecule has 1 fully saturated rings. The van der Waals surface area contributed by atoms with E-state index in [1.165, 1.54) is 17.8 Å². The molecule has 1 saturated heterocycles. The van der Waals surface area contributed by atoms with E-state index in [-0.39, 0.29) is 11.7 Å². The number of alkyl halides is 3. The molecule has 25 heavy (non-hydrogen) atoms. The summed E-state index contributed by atoms with van der Waals surface area (Å²) in [4.78, 5) is 14.0. The first kappa shape index (κ1) is 20.0. The van der Waals surface area contributed by atoms with Gasteiger partial charge in [-0.25, -0.2) is 0 Å². The first-order valence-corrected chi connectivity index (χ1v) is 10.3. The molecule has 0 spiro atoms. The van der Waals surface area contributed by atoms with Gasteiger partial charge in [-0.2, -0.15) is 24.9 Å². The molecule has 0 radical (unpaired) electrons. The van der Waals surface area contributed by atoms with Crippen LogP contribution in [0.25, 0.3) is 0 Å². The summed E-state index contributed by atoms with van der Waals surface area (Å²) in [6, 6.07) is 5.23. The Morgan fingerprint density at radius 1 is 1.44 bits per heavy atom. The third kappa shape index (κ3) is 5.07. The van der Waals surface area contributed by atoms with E-state index in [9.17, 15) is 18.0 Å². The van der Waals surface area contributed by atoms with E-state index >= 15 is 0 Å². The summed E-state index contributed by atoms with van der Waals surface area (Å²) in [6.07, 6.45) is 4.10. The smallest absolute Gasteiger partial charge is 0.295 e. The van der Waals surface area contributed by atoms with Gasteiger partial charge in [-0.15, -0.1) is 11.8 Å². The predicted octanol–water partition coefficient (Wildman–Crippen LogP) is 5.49. The lowest BCUT2D eigenvalue weighted by atomic mass is 10.1. The number of hydrogen-bond donors (Lipinski definition) is 0. The highest BCUT2D eigenvalue weighted by Crippen LogP contribution is 2.42. The average molecular weight is 387 g/mol. The van der Waals surface area contributed by atoms with Crippen LogP contribution in [0.4, 0.5) is 13.2 Å². The second kappa shape index (κ2) is 8.85. The topological polar surface area (TPSA) is 20.3 Å². The molecule has 7 heteroatoms. The molecule has 1 amide bonds. The third-order valence-corrected chi connectivity index (χ3v) is 5.35. The molecular weight excluding hydrogens is 367 g/mol. The van der Waals surface area contributed by atoms with Gasteiger partial charge in [-0.3, -0.25) is 9.69 Å². The number of rotatable bonds is 6. The molecule has 1 atom stereocenters. The third-order valence-electron chi connectivity index (χ3n) is 3.61. The Morgan fingerprint density at radius 2 is 2.20 bits per heavy atom. The molecule has 2 rings (SSSR count). The van der Waals surface area contributed by atoms with Crippen LogP contribution in [-0.2, 0) is 11.0 Å². The predicted molar refractivity (Wildman–Crippen MR) is 99.4 cm³/mol. The minimum Gasteiger partial charge on any atom is -0.295 e.